The summed E-state index contributed by atoms with van der Waals surface area (Å²) < 4.78 is 28.4. The van der Waals surface area contributed by atoms with Gasteiger partial charge in [0.25, 0.3) is 5.91 Å². The molecule has 1 heterocycles. The van der Waals surface area contributed by atoms with Gasteiger partial charge in [0.05, 0.1) is 0 Å². The predicted molar refractivity (Wildman–Crippen MR) is 59.9 cm³/mol. The second-order valence-corrected chi connectivity index (χ2v) is 3.62. The molecule has 0 fully saturated rings. The number of halogens is 2. The smallest absolute Gasteiger partial charge is 0.269 e. The molecule has 1 aromatic carbocycles. The Morgan fingerprint density at radius 1 is 1.33 bits per heavy atom. The fourth-order valence-electron chi connectivity index (χ4n) is 1.53. The highest BCUT2D eigenvalue weighted by atomic mass is 19.1. The summed E-state index contributed by atoms with van der Waals surface area (Å²) in [5.74, 6) is -2.39. The summed E-state index contributed by atoms with van der Waals surface area (Å²) in [6.07, 6.45) is 1.25. The van der Waals surface area contributed by atoms with Crippen LogP contribution in [0.4, 0.5) is 8.78 Å². The fourth-order valence-corrected chi connectivity index (χ4v) is 1.53. The van der Waals surface area contributed by atoms with Crippen molar-refractivity contribution in [2.45, 2.75) is 6.54 Å². The van der Waals surface area contributed by atoms with E-state index in [-0.39, 0.29) is 17.9 Å². The molecule has 7 heteroatoms. The van der Waals surface area contributed by atoms with Gasteiger partial charge in [0.1, 0.15) is 11.4 Å². The van der Waals surface area contributed by atoms with Crippen LogP contribution in [0.25, 0.3) is 5.69 Å². The van der Waals surface area contributed by atoms with Crippen molar-refractivity contribution in [3.05, 3.63) is 47.3 Å². The zero-order valence-corrected chi connectivity index (χ0v) is 9.23. The molecule has 1 aromatic heterocycles. The van der Waals surface area contributed by atoms with E-state index in [0.717, 1.165) is 16.8 Å². The Bertz CT molecular complexity index is 586. The summed E-state index contributed by atoms with van der Waals surface area (Å²) in [5.41, 5.74) is 10.2. The van der Waals surface area contributed by atoms with Crippen LogP contribution in [-0.4, -0.2) is 15.7 Å². The number of benzene rings is 1. The first kappa shape index (κ1) is 12.2. The minimum absolute atomic E-state index is 0.0275. The van der Waals surface area contributed by atoms with Crippen LogP contribution in [0.5, 0.6) is 0 Å². The first-order chi connectivity index (χ1) is 8.52. The average Bonchev–Trinajstić information content (AvgIpc) is 2.77. The van der Waals surface area contributed by atoms with Crippen LogP contribution >= 0.6 is 0 Å². The maximum Gasteiger partial charge on any atom is 0.269 e. The summed E-state index contributed by atoms with van der Waals surface area (Å²) in [6, 6.07) is 3.51. The summed E-state index contributed by atoms with van der Waals surface area (Å²) >= 11 is 0. The van der Waals surface area contributed by atoms with Crippen LogP contribution in [0, 0.1) is 11.6 Å². The normalized spacial score (nSPS) is 10.6. The van der Waals surface area contributed by atoms with Gasteiger partial charge in [-0.2, -0.15) is 5.10 Å². The van der Waals surface area contributed by atoms with Crippen LogP contribution < -0.4 is 11.5 Å². The molecule has 2 rings (SSSR count). The van der Waals surface area contributed by atoms with Gasteiger partial charge in [-0.3, -0.25) is 4.79 Å². The van der Waals surface area contributed by atoms with Crippen molar-refractivity contribution >= 4 is 5.91 Å². The van der Waals surface area contributed by atoms with E-state index in [1.54, 1.807) is 0 Å². The largest absolute Gasteiger partial charge is 0.364 e. The summed E-state index contributed by atoms with van der Waals surface area (Å²) in [7, 11) is 0. The average molecular weight is 252 g/mol. The zero-order valence-electron chi connectivity index (χ0n) is 9.23. The highest BCUT2D eigenvalue weighted by Gasteiger charge is 2.15. The molecule has 0 aliphatic carbocycles. The van der Waals surface area contributed by atoms with E-state index in [2.05, 4.69) is 5.10 Å². The molecule has 5 nitrogen and oxygen atoms in total. The monoisotopic (exact) mass is 252 g/mol. The Balaban J connectivity index is 2.53. The molecule has 1 amide bonds. The van der Waals surface area contributed by atoms with E-state index in [1.165, 1.54) is 12.3 Å². The molecule has 0 saturated carbocycles. The number of amides is 1. The van der Waals surface area contributed by atoms with Crippen molar-refractivity contribution in [1.82, 2.24) is 9.78 Å². The number of carbonyl (C=O) groups excluding carboxylic acids is 1. The Morgan fingerprint density at radius 2 is 1.94 bits per heavy atom. The molecule has 0 aliphatic rings. The Morgan fingerprint density at radius 3 is 2.39 bits per heavy atom. The quantitative estimate of drug-likeness (QED) is 0.843. The molecular weight excluding hydrogens is 242 g/mol. The van der Waals surface area contributed by atoms with Gasteiger partial charge in [-0.25, -0.2) is 13.5 Å². The third-order valence-electron chi connectivity index (χ3n) is 2.38. The zero-order chi connectivity index (χ0) is 13.3. The fraction of sp³-hybridized carbons (Fsp3) is 0.0909. The summed E-state index contributed by atoms with van der Waals surface area (Å²) in [6.45, 7) is 0.0275. The number of carbonyl (C=O) groups is 1. The van der Waals surface area contributed by atoms with Gasteiger partial charge in [-0.15, -0.1) is 0 Å². The van der Waals surface area contributed by atoms with Gasteiger partial charge in [-0.05, 0) is 23.8 Å². The molecule has 0 spiro atoms. The van der Waals surface area contributed by atoms with Crippen molar-refractivity contribution in [3.63, 3.8) is 0 Å². The lowest BCUT2D eigenvalue weighted by Gasteiger charge is -2.06. The molecule has 4 N–H and O–H groups in total. The second kappa shape index (κ2) is 4.53. The van der Waals surface area contributed by atoms with Crippen molar-refractivity contribution in [3.8, 4) is 5.69 Å². The van der Waals surface area contributed by atoms with Crippen LogP contribution in [-0.2, 0) is 6.54 Å². The lowest BCUT2D eigenvalue weighted by molar-refractivity contribution is 0.0995. The van der Waals surface area contributed by atoms with Crippen molar-refractivity contribution < 1.29 is 13.6 Å². The minimum atomic E-state index is -0.811. The molecule has 18 heavy (non-hydrogen) atoms. The Kier molecular flexibility index (Phi) is 3.07. The third kappa shape index (κ3) is 2.07. The predicted octanol–water partition coefficient (Wildman–Crippen LogP) is 0.708. The number of aromatic nitrogens is 2. The van der Waals surface area contributed by atoms with Gasteiger partial charge >= 0.3 is 0 Å². The maximum absolute atomic E-state index is 13.7. The van der Waals surface area contributed by atoms with Gasteiger partial charge in [0.15, 0.2) is 11.6 Å². The third-order valence-corrected chi connectivity index (χ3v) is 2.38. The van der Waals surface area contributed by atoms with E-state index in [4.69, 9.17) is 11.5 Å². The number of primary amides is 1. The number of rotatable bonds is 3. The molecule has 0 aliphatic heterocycles. The highest BCUT2D eigenvalue weighted by Crippen LogP contribution is 2.19. The van der Waals surface area contributed by atoms with Gasteiger partial charge in [-0.1, -0.05) is 0 Å². The van der Waals surface area contributed by atoms with Crippen LogP contribution in [0.2, 0.25) is 0 Å². The van der Waals surface area contributed by atoms with Crippen molar-refractivity contribution in [2.24, 2.45) is 11.5 Å². The summed E-state index contributed by atoms with van der Waals surface area (Å²) in [5, 5.41) is 3.69. The highest BCUT2D eigenvalue weighted by molar-refractivity contribution is 5.90. The number of nitrogens with zero attached hydrogens (tertiary/aromatic N) is 2. The maximum atomic E-state index is 13.7. The molecule has 94 valence electrons. The van der Waals surface area contributed by atoms with Crippen LogP contribution in [0.1, 0.15) is 16.1 Å². The topological polar surface area (TPSA) is 86.9 Å². The van der Waals surface area contributed by atoms with Crippen LogP contribution in [0.3, 0.4) is 0 Å². The van der Waals surface area contributed by atoms with E-state index in [0.29, 0.717) is 5.56 Å². The molecule has 2 aromatic rings. The van der Waals surface area contributed by atoms with E-state index < -0.39 is 17.5 Å². The first-order valence-electron chi connectivity index (χ1n) is 5.06. The van der Waals surface area contributed by atoms with E-state index in [9.17, 15) is 13.6 Å². The molecule has 0 radical (unpaired) electrons. The Labute approximate surface area is 101 Å². The standard InChI is InChI=1S/C11H10F2N4O/c12-7-3-6(5-14)4-8(13)10(7)17-2-1-9(16-17)11(15)18/h1-4H,5,14H2,(H2,15,18). The lowest BCUT2D eigenvalue weighted by Crippen LogP contribution is -2.13. The van der Waals surface area contributed by atoms with Gasteiger partial charge in [0.2, 0.25) is 0 Å². The SMILES string of the molecule is NCc1cc(F)c(-n2ccc(C(N)=O)n2)c(F)c1. The molecule has 0 unspecified atom stereocenters. The molecule has 0 saturated heterocycles. The van der Waals surface area contributed by atoms with Crippen LogP contribution in [0.15, 0.2) is 24.4 Å². The molecule has 0 bridgehead atoms. The molecular formula is C11H10F2N4O. The van der Waals surface area contributed by atoms with E-state index in [1.807, 2.05) is 0 Å². The van der Waals surface area contributed by atoms with Gasteiger partial charge < -0.3 is 11.5 Å². The van der Waals surface area contributed by atoms with Gasteiger partial charge in [0, 0.05) is 12.7 Å². The lowest BCUT2D eigenvalue weighted by atomic mass is 10.2. The molecule has 0 atom stereocenters. The first-order valence-corrected chi connectivity index (χ1v) is 5.06. The van der Waals surface area contributed by atoms with E-state index >= 15 is 0 Å². The second-order valence-electron chi connectivity index (χ2n) is 3.62. The summed E-state index contributed by atoms with van der Waals surface area (Å²) in [4.78, 5) is 10.9. The Hall–Kier alpha value is -2.28. The number of hydrogen-bond donors (Lipinski definition) is 2. The van der Waals surface area contributed by atoms with Crippen molar-refractivity contribution in [1.29, 1.82) is 0 Å². The number of hydrogen-bond acceptors (Lipinski definition) is 3. The number of nitrogens with two attached hydrogens (primary N) is 2. The van der Waals surface area contributed by atoms with Crippen molar-refractivity contribution in [2.75, 3.05) is 0 Å². The minimum Gasteiger partial charge on any atom is -0.364 e.